The second kappa shape index (κ2) is 7.04. The van der Waals surface area contributed by atoms with E-state index in [0.717, 1.165) is 12.7 Å². The highest BCUT2D eigenvalue weighted by Crippen LogP contribution is 1.90. The minimum atomic E-state index is 0.512. The molecule has 2 nitrogen and oxygen atoms in total. The van der Waals surface area contributed by atoms with Gasteiger partial charge in [-0.1, -0.05) is 6.32 Å². The largest absolute Gasteiger partial charge is 0.317 e. The molecule has 0 unspecified atom stereocenters. The topological polar surface area (TPSA) is 28.1 Å². The molecule has 0 bridgehead atoms. The Hall–Kier alpha value is -0.955. The highest BCUT2D eigenvalue weighted by atomic mass is 14.6. The van der Waals surface area contributed by atoms with Gasteiger partial charge < -0.3 is 4.85 Å². The number of nitriles is 1. The van der Waals surface area contributed by atoms with Crippen molar-refractivity contribution in [2.45, 2.75) is 19.1 Å². The molecule has 0 aromatic carbocycles. The van der Waals surface area contributed by atoms with Crippen LogP contribution in [0.3, 0.4) is 0 Å². The number of hydrogen-bond donors (Lipinski definition) is 0. The maximum Gasteiger partial charge on any atom is 0.214 e. The Morgan fingerprint density at radius 3 is 3.00 bits per heavy atom. The van der Waals surface area contributed by atoms with Crippen molar-refractivity contribution in [2.75, 3.05) is 6.54 Å². The molecular weight excluding hydrogens is 111 g/mol. The van der Waals surface area contributed by atoms with Gasteiger partial charge in [0.15, 0.2) is 0 Å². The van der Waals surface area contributed by atoms with Gasteiger partial charge in [-0.2, -0.15) is 5.26 Å². The van der Waals surface area contributed by atoms with Gasteiger partial charge in [0.2, 0.25) is 6.54 Å². The van der Waals surface area contributed by atoms with Crippen molar-refractivity contribution in [2.24, 2.45) is 0 Å². The Morgan fingerprint density at radius 1 is 1.67 bits per heavy atom. The van der Waals surface area contributed by atoms with Gasteiger partial charge in [0.1, 0.15) is 7.28 Å². The highest BCUT2D eigenvalue weighted by Gasteiger charge is 1.90. The van der Waals surface area contributed by atoms with Crippen LogP contribution in [0.5, 0.6) is 0 Å². The summed E-state index contributed by atoms with van der Waals surface area (Å²) >= 11 is 0. The summed E-state index contributed by atoms with van der Waals surface area (Å²) in [6.45, 7) is 7.01. The fourth-order valence-corrected chi connectivity index (χ4v) is 0.481. The molecule has 0 atom stereocenters. The summed E-state index contributed by atoms with van der Waals surface area (Å²) in [4.78, 5) is 3.18. The van der Waals surface area contributed by atoms with Crippen molar-refractivity contribution in [1.29, 1.82) is 5.26 Å². The number of nitrogens with zero attached hydrogens (tertiary/aromatic N) is 2. The van der Waals surface area contributed by atoms with E-state index in [4.69, 9.17) is 11.8 Å². The Balaban J connectivity index is 2.79. The third kappa shape index (κ3) is 7.04. The molecule has 0 rings (SSSR count). The van der Waals surface area contributed by atoms with E-state index in [1.54, 1.807) is 0 Å². The standard InChI is InChI=1S/C6H8BN2/c1-9-6-2-3-7-4-5-8/h2-4,6H2. The van der Waals surface area contributed by atoms with Crippen LogP contribution in [0.2, 0.25) is 12.6 Å². The molecule has 1 radical (unpaired) electrons. The van der Waals surface area contributed by atoms with E-state index in [1.165, 1.54) is 0 Å². The molecule has 45 valence electrons. The molecule has 0 aromatic heterocycles. The van der Waals surface area contributed by atoms with Crippen molar-refractivity contribution >= 4 is 7.28 Å². The molecule has 0 spiro atoms. The Kier molecular flexibility index (Phi) is 6.30. The average Bonchev–Trinajstić information content (AvgIpc) is 1.89. The molecule has 0 saturated heterocycles. The van der Waals surface area contributed by atoms with Gasteiger partial charge in [-0.15, -0.1) is 0 Å². The lowest BCUT2D eigenvalue weighted by molar-refractivity contribution is 1.02. The molecule has 3 heteroatoms. The van der Waals surface area contributed by atoms with E-state index in [2.05, 4.69) is 4.85 Å². The average molecular weight is 119 g/mol. The van der Waals surface area contributed by atoms with Gasteiger partial charge in [-0.05, 0) is 0 Å². The first-order valence-corrected chi connectivity index (χ1v) is 2.93. The van der Waals surface area contributed by atoms with E-state index in [1.807, 2.05) is 13.3 Å². The second-order valence-electron chi connectivity index (χ2n) is 1.67. The fourth-order valence-electron chi connectivity index (χ4n) is 0.481. The van der Waals surface area contributed by atoms with E-state index in [0.29, 0.717) is 12.9 Å². The third-order valence-electron chi connectivity index (χ3n) is 0.914. The van der Waals surface area contributed by atoms with E-state index >= 15 is 0 Å². The van der Waals surface area contributed by atoms with Crippen LogP contribution in [0.15, 0.2) is 0 Å². The molecule has 0 aliphatic heterocycles. The Morgan fingerprint density at radius 2 is 2.44 bits per heavy atom. The lowest BCUT2D eigenvalue weighted by Crippen LogP contribution is -1.87. The number of hydrogen-bond acceptors (Lipinski definition) is 1. The SMILES string of the molecule is [C-]#[N+]CCC[B]CC#N. The first-order valence-electron chi connectivity index (χ1n) is 2.93. The smallest absolute Gasteiger partial charge is 0.214 e. The minimum absolute atomic E-state index is 0.512. The zero-order valence-corrected chi connectivity index (χ0v) is 5.30. The molecule has 0 aromatic rings. The van der Waals surface area contributed by atoms with Crippen molar-refractivity contribution in [3.63, 3.8) is 0 Å². The van der Waals surface area contributed by atoms with Crippen molar-refractivity contribution < 1.29 is 0 Å². The monoisotopic (exact) mass is 119 g/mol. The molecule has 0 amide bonds. The predicted molar refractivity (Wildman–Crippen MR) is 37.1 cm³/mol. The van der Waals surface area contributed by atoms with Crippen molar-refractivity contribution in [3.8, 4) is 6.07 Å². The van der Waals surface area contributed by atoms with Crippen LogP contribution in [0.25, 0.3) is 4.85 Å². The van der Waals surface area contributed by atoms with E-state index in [-0.39, 0.29) is 0 Å². The normalized spacial score (nSPS) is 7.33. The van der Waals surface area contributed by atoms with Gasteiger partial charge in [0.05, 0.1) is 6.07 Å². The van der Waals surface area contributed by atoms with Gasteiger partial charge in [-0.25, -0.2) is 6.57 Å². The van der Waals surface area contributed by atoms with E-state index < -0.39 is 0 Å². The Bertz CT molecular complexity index is 115. The molecule has 0 N–H and O–H groups in total. The molecule has 0 aliphatic carbocycles. The van der Waals surface area contributed by atoms with Gasteiger partial charge >= 0.3 is 0 Å². The zero-order valence-electron chi connectivity index (χ0n) is 5.30. The van der Waals surface area contributed by atoms with Crippen LogP contribution in [0.1, 0.15) is 6.42 Å². The molecule has 9 heavy (non-hydrogen) atoms. The number of rotatable bonds is 4. The lowest BCUT2D eigenvalue weighted by atomic mass is 9.71. The molecule has 0 fully saturated rings. The molecular formula is C6H8BN2. The lowest BCUT2D eigenvalue weighted by Gasteiger charge is -1.84. The van der Waals surface area contributed by atoms with Crippen LogP contribution >= 0.6 is 0 Å². The predicted octanol–water partition coefficient (Wildman–Crippen LogP) is 1.36. The first-order chi connectivity index (χ1) is 4.41. The van der Waals surface area contributed by atoms with Gasteiger partial charge in [0.25, 0.3) is 0 Å². The van der Waals surface area contributed by atoms with Crippen LogP contribution in [0.4, 0.5) is 0 Å². The van der Waals surface area contributed by atoms with Crippen molar-refractivity contribution in [3.05, 3.63) is 11.4 Å². The van der Waals surface area contributed by atoms with Crippen molar-refractivity contribution in [1.82, 2.24) is 0 Å². The maximum absolute atomic E-state index is 8.08. The first kappa shape index (κ1) is 8.04. The summed E-state index contributed by atoms with van der Waals surface area (Å²) in [7, 11) is 1.91. The summed E-state index contributed by atoms with van der Waals surface area (Å²) in [5, 5.41) is 8.08. The summed E-state index contributed by atoms with van der Waals surface area (Å²) in [5.41, 5.74) is 0. The summed E-state index contributed by atoms with van der Waals surface area (Å²) < 4.78 is 0. The summed E-state index contributed by atoms with van der Waals surface area (Å²) in [6, 6.07) is 2.01. The second-order valence-corrected chi connectivity index (χ2v) is 1.67. The highest BCUT2D eigenvalue weighted by molar-refractivity contribution is 6.36. The van der Waals surface area contributed by atoms with E-state index in [9.17, 15) is 0 Å². The summed E-state index contributed by atoms with van der Waals surface area (Å²) in [5.74, 6) is 0. The van der Waals surface area contributed by atoms with Crippen LogP contribution in [-0.4, -0.2) is 13.8 Å². The molecule has 0 heterocycles. The molecule has 0 aliphatic rings. The maximum atomic E-state index is 8.08. The third-order valence-corrected chi connectivity index (χ3v) is 0.914. The van der Waals surface area contributed by atoms with Gasteiger partial charge in [0, 0.05) is 12.7 Å². The summed E-state index contributed by atoms with van der Waals surface area (Å²) in [6.07, 6.45) is 2.30. The quantitative estimate of drug-likeness (QED) is 0.312. The van der Waals surface area contributed by atoms with Crippen LogP contribution in [0, 0.1) is 17.9 Å². The van der Waals surface area contributed by atoms with Crippen LogP contribution < -0.4 is 0 Å². The minimum Gasteiger partial charge on any atom is -0.317 e. The Labute approximate surface area is 56.5 Å². The van der Waals surface area contributed by atoms with Crippen LogP contribution in [-0.2, 0) is 0 Å². The van der Waals surface area contributed by atoms with Gasteiger partial charge in [-0.3, -0.25) is 0 Å². The molecule has 0 saturated carbocycles. The fraction of sp³-hybridized carbons (Fsp3) is 0.667. The zero-order chi connectivity index (χ0) is 6.95.